The molecule has 0 bridgehead atoms. The Morgan fingerprint density at radius 2 is 1.05 bits per heavy atom. The zero-order valence-electron chi connectivity index (χ0n) is 33.3. The van der Waals surface area contributed by atoms with Crippen molar-refractivity contribution in [3.63, 3.8) is 0 Å². The number of ether oxygens (including phenoxy) is 2. The van der Waals surface area contributed by atoms with Crippen molar-refractivity contribution >= 4 is 46.9 Å². The van der Waals surface area contributed by atoms with Crippen LogP contribution in [0.4, 0.5) is 0 Å². The van der Waals surface area contributed by atoms with Crippen LogP contribution < -0.4 is 0 Å². The SMILES string of the molecule is O=C(/C=C/c1ccc(O)cc1)C1=C(O)/C(=C\[C@H]2C(=O)C(=C(O)/C=C/c3ccc(O)cc3)C(=O)[C@](O)([C@H]3O[C@H](CO)[C@@H](O)[C@H](O)[C@H]3O)C2=O)C(=O)[C@](O)([C@H]2O[C@H](CO)[C@@H](O)[C@H](O)[C@H]2O)C1=O. The third kappa shape index (κ3) is 8.26. The number of aliphatic hydroxyl groups is 12. The molecule has 2 heterocycles. The van der Waals surface area contributed by atoms with Crippen LogP contribution in [-0.2, 0) is 38.2 Å². The smallest absolute Gasteiger partial charge is 0.220 e. The van der Waals surface area contributed by atoms with Crippen molar-refractivity contribution in [2.45, 2.75) is 72.2 Å². The summed E-state index contributed by atoms with van der Waals surface area (Å²) >= 11 is 0. The summed E-state index contributed by atoms with van der Waals surface area (Å²) in [6.07, 6.45) is -20.0. The van der Waals surface area contributed by atoms with Gasteiger partial charge in [-0.25, -0.2) is 0 Å². The molecule has 3 fully saturated rings. The molecule has 4 aliphatic rings. The topological polar surface area (TPSA) is 404 Å². The van der Waals surface area contributed by atoms with Crippen LogP contribution >= 0.6 is 0 Å². The minimum atomic E-state index is -3.97. The number of benzene rings is 2. The summed E-state index contributed by atoms with van der Waals surface area (Å²) in [7, 11) is 0. The normalized spacial score (nSPS) is 36.3. The van der Waals surface area contributed by atoms with Crippen molar-refractivity contribution in [1.82, 2.24) is 0 Å². The van der Waals surface area contributed by atoms with E-state index >= 15 is 0 Å². The Morgan fingerprint density at radius 3 is 1.51 bits per heavy atom. The second-order valence-electron chi connectivity index (χ2n) is 15.5. The van der Waals surface area contributed by atoms with Gasteiger partial charge in [-0.3, -0.25) is 28.8 Å². The fourth-order valence-corrected chi connectivity index (χ4v) is 7.82. The molecule has 0 spiro atoms. The first kappa shape index (κ1) is 48.3. The van der Waals surface area contributed by atoms with Crippen LogP contribution in [0.2, 0.25) is 0 Å². The molecule has 0 radical (unpaired) electrons. The highest BCUT2D eigenvalue weighted by atomic mass is 16.6. The number of phenolic OH excluding ortho intramolecular Hbond substituents is 2. The zero-order chi connectivity index (χ0) is 48.0. The molecule has 14 N–H and O–H groups in total. The molecule has 0 amide bonds. The number of carbonyl (C=O) groups is 6. The van der Waals surface area contributed by atoms with E-state index in [1.165, 1.54) is 48.5 Å². The molecule has 2 aromatic rings. The monoisotopic (exact) mass is 910 g/mol. The summed E-state index contributed by atoms with van der Waals surface area (Å²) in [4.78, 5) is 85.7. The zero-order valence-corrected chi connectivity index (χ0v) is 33.3. The van der Waals surface area contributed by atoms with Gasteiger partial charge in [0.1, 0.15) is 101 Å². The van der Waals surface area contributed by atoms with Crippen molar-refractivity contribution in [3.05, 3.63) is 106 Å². The summed E-state index contributed by atoms with van der Waals surface area (Å²) < 4.78 is 10.6. The van der Waals surface area contributed by atoms with Gasteiger partial charge in [0, 0.05) is 0 Å². The van der Waals surface area contributed by atoms with Crippen LogP contribution in [-0.4, -0.2) is 192 Å². The summed E-state index contributed by atoms with van der Waals surface area (Å²) in [5.41, 5.74) is -12.0. The summed E-state index contributed by atoms with van der Waals surface area (Å²) in [6, 6.07) is 9.98. The number of aromatic hydroxyl groups is 2. The molecule has 13 atom stereocenters. The highest BCUT2D eigenvalue weighted by Crippen LogP contribution is 2.42. The molecule has 6 rings (SSSR count). The first-order valence-corrected chi connectivity index (χ1v) is 19.4. The molecule has 22 nitrogen and oxygen atoms in total. The number of ketones is 6. The van der Waals surface area contributed by atoms with E-state index in [1.807, 2.05) is 0 Å². The second kappa shape index (κ2) is 18.4. The van der Waals surface area contributed by atoms with E-state index in [2.05, 4.69) is 0 Å². The molecular weight excluding hydrogens is 868 g/mol. The lowest BCUT2D eigenvalue weighted by molar-refractivity contribution is -0.261. The van der Waals surface area contributed by atoms with Crippen molar-refractivity contribution in [2.24, 2.45) is 5.92 Å². The fraction of sp³-hybridized carbons (Fsp3) is 0.349. The van der Waals surface area contributed by atoms with Gasteiger partial charge in [0.25, 0.3) is 0 Å². The van der Waals surface area contributed by atoms with E-state index in [-0.39, 0.29) is 28.7 Å². The standard InChI is InChI=1S/C43H42O22/c44-14-24-30(52)32(54)34(56)40(64-24)42(62)36(58)20(28(50)26(38(42)60)22(48)11-5-16-1-7-18(46)8-2-16)13-21-29(51)27(23(49)12-6-17-3-9-19(47)10-4-17)39(61)43(63,37(21)59)41-35(57)33(55)31(53)25(15-45)65-41/h1-13,20,24-25,30-35,40-41,44-48,51-57,62-63H,14-15H2/b11-5+,12-6+,21-13+,26-22?/t20-,24+,25+,30+,31+,32-,33-,34+,35+,40-,41-,42-,43+/m0/s1. The van der Waals surface area contributed by atoms with Crippen molar-refractivity contribution in [2.75, 3.05) is 13.2 Å². The fourth-order valence-electron chi connectivity index (χ4n) is 7.82. The lowest BCUT2D eigenvalue weighted by Crippen LogP contribution is -2.72. The van der Waals surface area contributed by atoms with Crippen LogP contribution in [0, 0.1) is 5.92 Å². The van der Waals surface area contributed by atoms with Crippen LogP contribution in [0.25, 0.3) is 12.2 Å². The van der Waals surface area contributed by atoms with Gasteiger partial charge in [-0.05, 0) is 47.5 Å². The average Bonchev–Trinajstić information content (AvgIpc) is 3.28. The van der Waals surface area contributed by atoms with E-state index in [9.17, 15) is 100 Å². The van der Waals surface area contributed by atoms with Gasteiger partial charge in [-0.15, -0.1) is 0 Å². The maximum atomic E-state index is 14.5. The second-order valence-corrected chi connectivity index (χ2v) is 15.5. The number of hydrogen-bond donors (Lipinski definition) is 14. The van der Waals surface area contributed by atoms with Gasteiger partial charge in [0.2, 0.25) is 28.6 Å². The first-order valence-electron chi connectivity index (χ1n) is 19.4. The molecule has 65 heavy (non-hydrogen) atoms. The van der Waals surface area contributed by atoms with Crippen LogP contribution in [0.15, 0.2) is 95.0 Å². The van der Waals surface area contributed by atoms with Crippen LogP contribution in [0.3, 0.4) is 0 Å². The molecule has 1 saturated carbocycles. The van der Waals surface area contributed by atoms with E-state index in [0.717, 1.165) is 12.2 Å². The molecular formula is C43H42O22. The molecule has 2 aliphatic carbocycles. The van der Waals surface area contributed by atoms with Crippen molar-refractivity contribution in [1.29, 1.82) is 0 Å². The highest BCUT2D eigenvalue weighted by molar-refractivity contribution is 6.41. The Kier molecular flexibility index (Phi) is 13.7. The lowest BCUT2D eigenvalue weighted by Gasteiger charge is -2.47. The third-order valence-electron chi connectivity index (χ3n) is 11.5. The molecule has 2 aromatic carbocycles. The maximum absolute atomic E-state index is 14.5. The summed E-state index contributed by atoms with van der Waals surface area (Å²) in [6.45, 7) is -2.36. The number of phenols is 2. The van der Waals surface area contributed by atoms with Crippen molar-refractivity contribution in [3.8, 4) is 11.5 Å². The lowest BCUT2D eigenvalue weighted by atomic mass is 9.65. The Balaban J connectivity index is 1.59. The molecule has 22 heteroatoms. The van der Waals surface area contributed by atoms with Gasteiger partial charge in [-0.2, -0.15) is 0 Å². The predicted octanol–water partition coefficient (Wildman–Crippen LogP) is -4.42. The van der Waals surface area contributed by atoms with E-state index < -0.39 is 154 Å². The molecule has 0 unspecified atom stereocenters. The minimum absolute atomic E-state index is 0.124. The van der Waals surface area contributed by atoms with Crippen molar-refractivity contribution < 1.29 is 110 Å². The summed E-state index contributed by atoms with van der Waals surface area (Å²) in [5.74, 6) is -17.8. The molecule has 346 valence electrons. The van der Waals surface area contributed by atoms with E-state index in [1.54, 1.807) is 0 Å². The van der Waals surface area contributed by atoms with Crippen LogP contribution in [0.1, 0.15) is 11.1 Å². The number of aliphatic hydroxyl groups excluding tert-OH is 10. The number of allylic oxidation sites excluding steroid dienone is 4. The largest absolute Gasteiger partial charge is 0.508 e. The Hall–Kier alpha value is -6.12. The Morgan fingerprint density at radius 1 is 0.600 bits per heavy atom. The summed E-state index contributed by atoms with van der Waals surface area (Å²) in [5, 5.41) is 150. The van der Waals surface area contributed by atoms with Gasteiger partial charge in [0.15, 0.2) is 17.3 Å². The Bertz CT molecular complexity index is 2430. The average molecular weight is 911 g/mol. The molecule has 0 aromatic heterocycles. The number of Topliss-reactive ketones (excluding diaryl/α,β-unsaturated/α-hetero) is 5. The number of carbonyl (C=O) groups excluding carboxylic acids is 6. The van der Waals surface area contributed by atoms with Crippen LogP contribution in [0.5, 0.6) is 11.5 Å². The van der Waals surface area contributed by atoms with E-state index in [4.69, 9.17) is 9.47 Å². The van der Waals surface area contributed by atoms with Gasteiger partial charge in [0.05, 0.1) is 18.8 Å². The molecule has 2 saturated heterocycles. The van der Waals surface area contributed by atoms with Gasteiger partial charge < -0.3 is 81.0 Å². The molecule has 2 aliphatic heterocycles. The number of rotatable bonds is 10. The third-order valence-corrected chi connectivity index (χ3v) is 11.5. The quantitative estimate of drug-likeness (QED) is 0.0463. The first-order chi connectivity index (χ1) is 30.5. The highest BCUT2D eigenvalue weighted by Gasteiger charge is 2.67. The number of hydrogen-bond acceptors (Lipinski definition) is 22. The predicted molar refractivity (Wildman–Crippen MR) is 213 cm³/mol. The Labute approximate surface area is 365 Å². The maximum Gasteiger partial charge on any atom is 0.220 e. The van der Waals surface area contributed by atoms with Gasteiger partial charge >= 0.3 is 0 Å². The van der Waals surface area contributed by atoms with Gasteiger partial charge in [-0.1, -0.05) is 42.5 Å². The minimum Gasteiger partial charge on any atom is -0.508 e. The van der Waals surface area contributed by atoms with E-state index in [0.29, 0.717) is 12.2 Å².